The van der Waals surface area contributed by atoms with E-state index in [4.69, 9.17) is 0 Å². The van der Waals surface area contributed by atoms with Gasteiger partial charge in [-0.3, -0.25) is 19.3 Å². The molecule has 0 radical (unpaired) electrons. The highest BCUT2D eigenvalue weighted by molar-refractivity contribution is 6.27. The maximum atomic E-state index is 13.0. The van der Waals surface area contributed by atoms with Gasteiger partial charge >= 0.3 is 0 Å². The molecule has 28 heavy (non-hydrogen) atoms. The van der Waals surface area contributed by atoms with E-state index in [2.05, 4.69) is 21.6 Å². The number of hydrogen-bond donors (Lipinski definition) is 2. The molecule has 4 unspecified atom stereocenters. The fraction of sp³-hybridized carbons (Fsp3) is 0.571. The highest BCUT2D eigenvalue weighted by Crippen LogP contribution is 2.32. The molecule has 3 fully saturated rings. The number of fused-ring (bicyclic) bond motifs is 3. The van der Waals surface area contributed by atoms with E-state index >= 15 is 0 Å². The molecular formula is C21H26N4O3. The first-order valence-corrected chi connectivity index (χ1v) is 10.3. The van der Waals surface area contributed by atoms with Crippen LogP contribution >= 0.6 is 0 Å². The van der Waals surface area contributed by atoms with E-state index in [1.807, 2.05) is 17.0 Å². The minimum absolute atomic E-state index is 0.0652. The number of hydrogen-bond acceptors (Lipinski definition) is 6. The zero-order chi connectivity index (χ0) is 19.3. The van der Waals surface area contributed by atoms with E-state index in [-0.39, 0.29) is 11.9 Å². The molecule has 148 valence electrons. The molecule has 7 heteroatoms. The van der Waals surface area contributed by atoms with Crippen molar-refractivity contribution in [3.8, 4) is 0 Å². The van der Waals surface area contributed by atoms with Crippen LogP contribution in [0.3, 0.4) is 0 Å². The Hall–Kier alpha value is -2.09. The molecule has 1 amide bonds. The van der Waals surface area contributed by atoms with Crippen LogP contribution < -0.4 is 10.6 Å². The van der Waals surface area contributed by atoms with Crippen LogP contribution in [0.1, 0.15) is 40.7 Å². The van der Waals surface area contributed by atoms with Crippen molar-refractivity contribution in [3.63, 3.8) is 0 Å². The van der Waals surface area contributed by atoms with Gasteiger partial charge in [-0.2, -0.15) is 0 Å². The number of ketones is 1. The molecule has 0 aliphatic carbocycles. The second-order valence-corrected chi connectivity index (χ2v) is 8.51. The molecule has 2 N–H and O–H groups in total. The summed E-state index contributed by atoms with van der Waals surface area (Å²) in [5.74, 6) is -0.306. The first kappa shape index (κ1) is 18.0. The monoisotopic (exact) mass is 382 g/mol. The minimum Gasteiger partial charge on any atom is -0.330 e. The van der Waals surface area contributed by atoms with E-state index in [0.717, 1.165) is 37.2 Å². The molecule has 3 saturated heterocycles. The summed E-state index contributed by atoms with van der Waals surface area (Å²) < 4.78 is 0. The topological polar surface area (TPSA) is 81.8 Å². The lowest BCUT2D eigenvalue weighted by molar-refractivity contribution is -0.131. The van der Waals surface area contributed by atoms with Gasteiger partial charge in [-0.05, 0) is 36.5 Å². The van der Waals surface area contributed by atoms with Gasteiger partial charge < -0.3 is 15.5 Å². The fourth-order valence-corrected chi connectivity index (χ4v) is 5.35. The summed E-state index contributed by atoms with van der Waals surface area (Å²) in [6, 6.07) is 7.00. The van der Waals surface area contributed by atoms with Crippen molar-refractivity contribution in [1.29, 1.82) is 0 Å². The van der Waals surface area contributed by atoms with Crippen molar-refractivity contribution in [2.24, 2.45) is 0 Å². The number of carbonyl (C=O) groups excluding carboxylic acids is 3. The second-order valence-electron chi connectivity index (χ2n) is 8.51. The van der Waals surface area contributed by atoms with Crippen molar-refractivity contribution >= 4 is 18.0 Å². The van der Waals surface area contributed by atoms with Crippen LogP contribution in [0.25, 0.3) is 0 Å². The summed E-state index contributed by atoms with van der Waals surface area (Å²) in [5.41, 5.74) is 3.25. The number of rotatable bonds is 5. The van der Waals surface area contributed by atoms with Gasteiger partial charge in [0.2, 0.25) is 5.78 Å². The quantitative estimate of drug-likeness (QED) is 0.554. The number of carbonyl (C=O) groups is 3. The van der Waals surface area contributed by atoms with E-state index in [1.165, 1.54) is 12.0 Å². The molecule has 4 aliphatic heterocycles. The largest absolute Gasteiger partial charge is 0.330 e. The van der Waals surface area contributed by atoms with Crippen LogP contribution in [0, 0.1) is 0 Å². The zero-order valence-corrected chi connectivity index (χ0v) is 15.9. The number of piperazine rings is 1. The number of nitrogens with zero attached hydrogens (tertiary/aromatic N) is 2. The van der Waals surface area contributed by atoms with Crippen molar-refractivity contribution in [2.75, 3.05) is 19.6 Å². The van der Waals surface area contributed by atoms with Gasteiger partial charge in [0.1, 0.15) is 0 Å². The Kier molecular flexibility index (Phi) is 4.53. The van der Waals surface area contributed by atoms with Crippen LogP contribution in [0.2, 0.25) is 0 Å². The maximum Gasteiger partial charge on any atom is 0.254 e. The SMILES string of the molecule is O=CC(=O)C1CCC(N2Cc3c(CN4CC5CC4CN5)cccc3C2=O)CN1. The summed E-state index contributed by atoms with van der Waals surface area (Å²) in [7, 11) is 0. The highest BCUT2D eigenvalue weighted by atomic mass is 16.2. The van der Waals surface area contributed by atoms with Crippen LogP contribution in [0.4, 0.5) is 0 Å². The van der Waals surface area contributed by atoms with Gasteiger partial charge in [-0.1, -0.05) is 12.1 Å². The summed E-state index contributed by atoms with van der Waals surface area (Å²) >= 11 is 0. The minimum atomic E-state index is -0.399. The van der Waals surface area contributed by atoms with Crippen LogP contribution in [-0.2, 0) is 22.7 Å². The van der Waals surface area contributed by atoms with Crippen molar-refractivity contribution in [1.82, 2.24) is 20.4 Å². The highest BCUT2D eigenvalue weighted by Gasteiger charge is 2.40. The number of aldehydes is 1. The van der Waals surface area contributed by atoms with Gasteiger partial charge in [-0.15, -0.1) is 0 Å². The number of likely N-dealkylation sites (tertiary alicyclic amines) is 1. The van der Waals surface area contributed by atoms with Crippen LogP contribution in [0.5, 0.6) is 0 Å². The van der Waals surface area contributed by atoms with E-state index in [0.29, 0.717) is 37.9 Å². The normalized spacial score (nSPS) is 32.0. The molecule has 7 nitrogen and oxygen atoms in total. The molecule has 1 aromatic carbocycles. The zero-order valence-electron chi connectivity index (χ0n) is 15.9. The van der Waals surface area contributed by atoms with Crippen molar-refractivity contribution < 1.29 is 14.4 Å². The van der Waals surface area contributed by atoms with Gasteiger partial charge in [0.15, 0.2) is 6.29 Å². The Morgan fingerprint density at radius 3 is 2.71 bits per heavy atom. The number of Topliss-reactive ketones (excluding diaryl/α,β-unsaturated/α-hetero) is 1. The Bertz CT molecular complexity index is 818. The smallest absolute Gasteiger partial charge is 0.254 e. The lowest BCUT2D eigenvalue weighted by atomic mass is 9.97. The summed E-state index contributed by atoms with van der Waals surface area (Å²) in [6.45, 7) is 4.26. The third-order valence-electron chi connectivity index (χ3n) is 6.93. The Morgan fingerprint density at radius 1 is 1.18 bits per heavy atom. The fourth-order valence-electron chi connectivity index (χ4n) is 5.35. The average molecular weight is 382 g/mol. The maximum absolute atomic E-state index is 13.0. The molecule has 4 aliphatic rings. The molecule has 5 rings (SSSR count). The van der Waals surface area contributed by atoms with Crippen LogP contribution in [-0.4, -0.2) is 71.6 Å². The Labute approximate surface area is 164 Å². The predicted molar refractivity (Wildman–Crippen MR) is 103 cm³/mol. The second kappa shape index (κ2) is 7.06. The van der Waals surface area contributed by atoms with Gasteiger partial charge in [-0.25, -0.2) is 0 Å². The standard InChI is InChI=1S/C21H26N4O3/c26-12-20(27)19-5-4-15(7-23-19)25-11-18-13(2-1-3-17(18)21(25)28)9-24-10-14-6-16(24)8-22-14/h1-3,12,14-16,19,22-23H,4-11H2. The number of nitrogens with one attached hydrogen (secondary N) is 2. The average Bonchev–Trinajstić information content (AvgIpc) is 3.43. The Morgan fingerprint density at radius 2 is 2.04 bits per heavy atom. The lowest BCUT2D eigenvalue weighted by Crippen LogP contribution is -2.52. The molecule has 0 spiro atoms. The number of amides is 1. The van der Waals surface area contributed by atoms with Gasteiger partial charge in [0.05, 0.1) is 6.04 Å². The molecule has 0 aromatic heterocycles. The lowest BCUT2D eigenvalue weighted by Gasteiger charge is -2.34. The molecule has 0 saturated carbocycles. The summed E-state index contributed by atoms with van der Waals surface area (Å²) in [5, 5.41) is 6.69. The van der Waals surface area contributed by atoms with Gasteiger partial charge in [0.25, 0.3) is 5.91 Å². The Balaban J connectivity index is 1.29. The molecular weight excluding hydrogens is 356 g/mol. The third-order valence-corrected chi connectivity index (χ3v) is 6.93. The molecule has 1 aromatic rings. The van der Waals surface area contributed by atoms with Gasteiger partial charge in [0, 0.05) is 56.4 Å². The van der Waals surface area contributed by atoms with E-state index in [9.17, 15) is 14.4 Å². The number of piperidine rings is 1. The number of benzene rings is 1. The van der Waals surface area contributed by atoms with Crippen LogP contribution in [0.15, 0.2) is 18.2 Å². The molecule has 2 bridgehead atoms. The summed E-state index contributed by atoms with van der Waals surface area (Å²) in [4.78, 5) is 39.8. The predicted octanol–water partition coefficient (Wildman–Crippen LogP) is 0.0771. The molecule has 4 heterocycles. The van der Waals surface area contributed by atoms with Crippen molar-refractivity contribution in [2.45, 2.75) is 56.5 Å². The van der Waals surface area contributed by atoms with E-state index in [1.54, 1.807) is 0 Å². The first-order chi connectivity index (χ1) is 13.6. The molecule has 4 atom stereocenters. The first-order valence-electron chi connectivity index (χ1n) is 10.3. The summed E-state index contributed by atoms with van der Waals surface area (Å²) in [6.07, 6.45) is 2.96. The van der Waals surface area contributed by atoms with Crippen molar-refractivity contribution in [3.05, 3.63) is 34.9 Å². The third kappa shape index (κ3) is 2.98. The van der Waals surface area contributed by atoms with E-state index < -0.39 is 11.8 Å².